The summed E-state index contributed by atoms with van der Waals surface area (Å²) in [7, 11) is -1.30. The van der Waals surface area contributed by atoms with Gasteiger partial charge in [-0.05, 0) is 18.8 Å². The Morgan fingerprint density at radius 3 is 2.81 bits per heavy atom. The zero-order valence-corrected chi connectivity index (χ0v) is 13.3. The SMILES string of the molecule is Cn1ccnc1C1CNCCN1S(=O)(=O)CC1CCCC1. The average molecular weight is 312 g/mol. The predicted molar refractivity (Wildman–Crippen MR) is 81.3 cm³/mol. The molecule has 0 aromatic carbocycles. The average Bonchev–Trinajstić information content (AvgIpc) is 3.10. The number of aromatic nitrogens is 2. The number of piperazine rings is 1. The minimum Gasteiger partial charge on any atom is -0.337 e. The fourth-order valence-corrected chi connectivity index (χ4v) is 5.55. The Hall–Kier alpha value is -0.920. The molecule has 0 amide bonds. The van der Waals surface area contributed by atoms with Crippen molar-refractivity contribution >= 4 is 10.0 Å². The van der Waals surface area contributed by atoms with E-state index in [0.717, 1.165) is 18.7 Å². The number of sulfonamides is 1. The molecular formula is C14H24N4O2S. The van der Waals surface area contributed by atoms with Crippen LogP contribution >= 0.6 is 0 Å². The monoisotopic (exact) mass is 312 g/mol. The molecule has 0 spiro atoms. The van der Waals surface area contributed by atoms with Gasteiger partial charge in [-0.3, -0.25) is 0 Å². The van der Waals surface area contributed by atoms with Crippen molar-refractivity contribution in [3.63, 3.8) is 0 Å². The highest BCUT2D eigenvalue weighted by atomic mass is 32.2. The van der Waals surface area contributed by atoms with Crippen LogP contribution in [-0.2, 0) is 17.1 Å². The summed E-state index contributed by atoms with van der Waals surface area (Å²) in [6.45, 7) is 1.88. The zero-order valence-electron chi connectivity index (χ0n) is 12.5. The number of rotatable bonds is 4. The molecule has 3 rings (SSSR count). The van der Waals surface area contributed by atoms with Gasteiger partial charge in [-0.1, -0.05) is 12.8 Å². The summed E-state index contributed by atoms with van der Waals surface area (Å²) in [5, 5.41) is 3.29. The first-order valence-corrected chi connectivity index (χ1v) is 9.36. The van der Waals surface area contributed by atoms with Gasteiger partial charge in [0, 0.05) is 39.1 Å². The Morgan fingerprint density at radius 1 is 1.38 bits per heavy atom. The van der Waals surface area contributed by atoms with Gasteiger partial charge in [0.05, 0.1) is 11.8 Å². The van der Waals surface area contributed by atoms with E-state index in [4.69, 9.17) is 0 Å². The maximum Gasteiger partial charge on any atom is 0.215 e. The first-order valence-electron chi connectivity index (χ1n) is 7.75. The maximum absolute atomic E-state index is 12.8. The van der Waals surface area contributed by atoms with Crippen LogP contribution in [0.5, 0.6) is 0 Å². The molecule has 2 heterocycles. The van der Waals surface area contributed by atoms with E-state index in [-0.39, 0.29) is 6.04 Å². The van der Waals surface area contributed by atoms with Gasteiger partial charge in [0.1, 0.15) is 5.82 Å². The first kappa shape index (κ1) is 15.0. The lowest BCUT2D eigenvalue weighted by Crippen LogP contribution is -2.50. The molecule has 1 aliphatic carbocycles. The molecule has 0 bridgehead atoms. The molecule has 1 aromatic rings. The molecule has 1 unspecified atom stereocenters. The van der Waals surface area contributed by atoms with E-state index in [9.17, 15) is 8.42 Å². The number of hydrogen-bond donors (Lipinski definition) is 1. The van der Waals surface area contributed by atoms with Crippen LogP contribution in [0.25, 0.3) is 0 Å². The molecule has 6 nitrogen and oxygen atoms in total. The third kappa shape index (κ3) is 3.14. The van der Waals surface area contributed by atoms with Crippen LogP contribution in [0, 0.1) is 5.92 Å². The van der Waals surface area contributed by atoms with E-state index in [1.54, 1.807) is 10.5 Å². The van der Waals surface area contributed by atoms with E-state index >= 15 is 0 Å². The summed E-state index contributed by atoms with van der Waals surface area (Å²) in [5.41, 5.74) is 0. The number of hydrogen-bond acceptors (Lipinski definition) is 4. The molecule has 7 heteroatoms. The highest BCUT2D eigenvalue weighted by molar-refractivity contribution is 7.89. The lowest BCUT2D eigenvalue weighted by Gasteiger charge is -2.35. The van der Waals surface area contributed by atoms with Gasteiger partial charge in [0.25, 0.3) is 0 Å². The molecule has 1 saturated carbocycles. The Balaban J connectivity index is 1.81. The van der Waals surface area contributed by atoms with Crippen LogP contribution in [0.2, 0.25) is 0 Å². The van der Waals surface area contributed by atoms with Gasteiger partial charge >= 0.3 is 0 Å². The second kappa shape index (κ2) is 6.06. The van der Waals surface area contributed by atoms with Gasteiger partial charge in [-0.15, -0.1) is 0 Å². The van der Waals surface area contributed by atoms with E-state index in [0.29, 0.717) is 31.3 Å². The topological polar surface area (TPSA) is 67.2 Å². The molecule has 118 valence electrons. The molecular weight excluding hydrogens is 288 g/mol. The summed E-state index contributed by atoms with van der Waals surface area (Å²) in [6, 6.07) is -0.190. The fourth-order valence-electron chi connectivity index (χ4n) is 3.51. The molecule has 1 N–H and O–H groups in total. The minimum absolute atomic E-state index is 0.190. The molecule has 1 aromatic heterocycles. The summed E-state index contributed by atoms with van der Waals surface area (Å²) in [5.74, 6) is 1.46. The third-order valence-corrected chi connectivity index (χ3v) is 6.67. The molecule has 0 radical (unpaired) electrons. The third-order valence-electron chi connectivity index (χ3n) is 4.63. The van der Waals surface area contributed by atoms with Gasteiger partial charge in [-0.25, -0.2) is 13.4 Å². The maximum atomic E-state index is 12.8. The Labute approximate surface area is 126 Å². The van der Waals surface area contributed by atoms with Gasteiger partial charge in [-0.2, -0.15) is 4.31 Å². The van der Waals surface area contributed by atoms with E-state index in [2.05, 4.69) is 10.3 Å². The molecule has 2 aliphatic rings. The second-order valence-corrected chi connectivity index (χ2v) is 8.12. The summed E-state index contributed by atoms with van der Waals surface area (Å²) >= 11 is 0. The standard InChI is InChI=1S/C14H24N4O2S/c1-17-8-7-16-14(17)13-10-15-6-9-18(13)21(19,20)11-12-4-2-3-5-12/h7-8,12-13,15H,2-6,9-11H2,1H3. The quantitative estimate of drug-likeness (QED) is 0.896. The van der Waals surface area contributed by atoms with Crippen molar-refractivity contribution in [1.82, 2.24) is 19.2 Å². The largest absolute Gasteiger partial charge is 0.337 e. The van der Waals surface area contributed by atoms with Crippen LogP contribution in [0.1, 0.15) is 37.5 Å². The summed E-state index contributed by atoms with van der Waals surface area (Å²) in [4.78, 5) is 4.35. The normalized spacial score (nSPS) is 25.5. The number of imidazole rings is 1. The lowest BCUT2D eigenvalue weighted by molar-refractivity contribution is 0.257. The van der Waals surface area contributed by atoms with Gasteiger partial charge in [0.2, 0.25) is 10.0 Å². The Bertz CT molecular complexity index is 578. The molecule has 1 atom stereocenters. The molecule has 21 heavy (non-hydrogen) atoms. The van der Waals surface area contributed by atoms with Gasteiger partial charge in [0.15, 0.2) is 0 Å². The predicted octanol–water partition coefficient (Wildman–Crippen LogP) is 0.886. The van der Waals surface area contributed by atoms with Crippen molar-refractivity contribution in [2.45, 2.75) is 31.7 Å². The van der Waals surface area contributed by atoms with Crippen molar-refractivity contribution in [3.8, 4) is 0 Å². The van der Waals surface area contributed by atoms with Crippen LogP contribution in [0.15, 0.2) is 12.4 Å². The van der Waals surface area contributed by atoms with Crippen LogP contribution in [0.4, 0.5) is 0 Å². The molecule has 1 saturated heterocycles. The van der Waals surface area contributed by atoms with Crippen molar-refractivity contribution in [3.05, 3.63) is 18.2 Å². The van der Waals surface area contributed by atoms with Crippen molar-refractivity contribution in [2.75, 3.05) is 25.4 Å². The summed E-state index contributed by atoms with van der Waals surface area (Å²) < 4.78 is 29.2. The second-order valence-electron chi connectivity index (χ2n) is 6.16. The number of nitrogens with one attached hydrogen (secondary N) is 1. The fraction of sp³-hybridized carbons (Fsp3) is 0.786. The van der Waals surface area contributed by atoms with Gasteiger partial charge < -0.3 is 9.88 Å². The van der Waals surface area contributed by atoms with Crippen LogP contribution in [0.3, 0.4) is 0 Å². The number of nitrogens with zero attached hydrogens (tertiary/aromatic N) is 3. The Kier molecular flexibility index (Phi) is 4.33. The van der Waals surface area contributed by atoms with E-state index in [1.165, 1.54) is 12.8 Å². The first-order chi connectivity index (χ1) is 10.1. The molecule has 2 fully saturated rings. The summed E-state index contributed by atoms with van der Waals surface area (Å²) in [6.07, 6.45) is 8.04. The highest BCUT2D eigenvalue weighted by Crippen LogP contribution is 2.30. The molecule has 1 aliphatic heterocycles. The van der Waals surface area contributed by atoms with Crippen LogP contribution < -0.4 is 5.32 Å². The van der Waals surface area contributed by atoms with E-state index in [1.807, 2.05) is 17.8 Å². The van der Waals surface area contributed by atoms with Crippen molar-refractivity contribution < 1.29 is 8.42 Å². The van der Waals surface area contributed by atoms with E-state index < -0.39 is 10.0 Å². The van der Waals surface area contributed by atoms with Crippen molar-refractivity contribution in [2.24, 2.45) is 13.0 Å². The van der Waals surface area contributed by atoms with Crippen LogP contribution in [-0.4, -0.2) is 47.7 Å². The lowest BCUT2D eigenvalue weighted by atomic mass is 10.1. The van der Waals surface area contributed by atoms with Crippen molar-refractivity contribution in [1.29, 1.82) is 0 Å². The zero-order chi connectivity index (χ0) is 14.9. The minimum atomic E-state index is -3.22. The number of aryl methyl sites for hydroxylation is 1. The highest BCUT2D eigenvalue weighted by Gasteiger charge is 2.36. The Morgan fingerprint density at radius 2 is 2.14 bits per heavy atom. The smallest absolute Gasteiger partial charge is 0.215 e.